The van der Waals surface area contributed by atoms with E-state index in [-0.39, 0.29) is 29.6 Å². The van der Waals surface area contributed by atoms with E-state index in [9.17, 15) is 18.8 Å². The Bertz CT molecular complexity index is 692. The van der Waals surface area contributed by atoms with Crippen LogP contribution in [0.5, 0.6) is 0 Å². The molecular formula is C17H21FN4O3. The van der Waals surface area contributed by atoms with Crippen molar-refractivity contribution in [2.24, 2.45) is 5.92 Å². The van der Waals surface area contributed by atoms with Crippen LogP contribution < -0.4 is 16.0 Å². The topological polar surface area (TPSA) is 90.5 Å². The molecule has 8 heteroatoms. The Morgan fingerprint density at radius 2 is 1.96 bits per heavy atom. The molecule has 0 radical (unpaired) electrons. The zero-order chi connectivity index (χ0) is 18.1. The monoisotopic (exact) mass is 348 g/mol. The second-order valence-electron chi connectivity index (χ2n) is 6.77. The minimum absolute atomic E-state index is 0.00573. The van der Waals surface area contributed by atoms with E-state index in [4.69, 9.17) is 0 Å². The minimum atomic E-state index is -0.543. The molecule has 4 amide bonds. The minimum Gasteiger partial charge on any atom is -0.342 e. The van der Waals surface area contributed by atoms with Crippen LogP contribution in [0.4, 0.5) is 14.9 Å². The van der Waals surface area contributed by atoms with Gasteiger partial charge in [0.05, 0.1) is 6.04 Å². The highest BCUT2D eigenvalue weighted by atomic mass is 19.1. The van der Waals surface area contributed by atoms with Gasteiger partial charge < -0.3 is 20.9 Å². The maximum absolute atomic E-state index is 12.9. The van der Waals surface area contributed by atoms with Gasteiger partial charge in [-0.1, -0.05) is 13.8 Å². The highest BCUT2D eigenvalue weighted by molar-refractivity contribution is 5.98. The lowest BCUT2D eigenvalue weighted by molar-refractivity contribution is -0.148. The molecule has 2 fully saturated rings. The van der Waals surface area contributed by atoms with Crippen molar-refractivity contribution in [1.82, 2.24) is 15.5 Å². The van der Waals surface area contributed by atoms with Crippen LogP contribution in [0.1, 0.15) is 20.3 Å². The average molecular weight is 348 g/mol. The van der Waals surface area contributed by atoms with E-state index < -0.39 is 18.1 Å². The molecule has 2 saturated heterocycles. The van der Waals surface area contributed by atoms with Crippen molar-refractivity contribution in [2.75, 3.05) is 11.9 Å². The van der Waals surface area contributed by atoms with E-state index in [0.29, 0.717) is 18.7 Å². The third-order valence-corrected chi connectivity index (χ3v) is 4.55. The van der Waals surface area contributed by atoms with Crippen molar-refractivity contribution in [2.45, 2.75) is 38.4 Å². The summed E-state index contributed by atoms with van der Waals surface area (Å²) in [6, 6.07) is 3.58. The number of urea groups is 1. The average Bonchev–Trinajstić information content (AvgIpc) is 2.97. The molecule has 0 bridgehead atoms. The van der Waals surface area contributed by atoms with Gasteiger partial charge in [0.2, 0.25) is 11.8 Å². The Kier molecular flexibility index (Phi) is 4.61. The van der Waals surface area contributed by atoms with E-state index in [1.165, 1.54) is 24.3 Å². The number of carbonyl (C=O) groups is 3. The summed E-state index contributed by atoms with van der Waals surface area (Å²) in [4.78, 5) is 38.3. The van der Waals surface area contributed by atoms with E-state index in [0.717, 1.165) is 0 Å². The fourth-order valence-electron chi connectivity index (χ4n) is 3.26. The van der Waals surface area contributed by atoms with Gasteiger partial charge in [0, 0.05) is 12.2 Å². The van der Waals surface area contributed by atoms with E-state index in [1.807, 2.05) is 13.8 Å². The first-order valence-corrected chi connectivity index (χ1v) is 8.29. The first kappa shape index (κ1) is 17.2. The van der Waals surface area contributed by atoms with Crippen LogP contribution in [0.2, 0.25) is 0 Å². The molecule has 2 heterocycles. The van der Waals surface area contributed by atoms with Gasteiger partial charge in [-0.15, -0.1) is 0 Å². The molecule has 0 aliphatic carbocycles. The van der Waals surface area contributed by atoms with Crippen LogP contribution in [0.25, 0.3) is 0 Å². The third kappa shape index (κ3) is 3.57. The lowest BCUT2D eigenvalue weighted by Crippen LogP contribution is -2.62. The number of hydrogen-bond donors (Lipinski definition) is 3. The number of benzene rings is 1. The van der Waals surface area contributed by atoms with Crippen LogP contribution in [0.3, 0.4) is 0 Å². The quantitative estimate of drug-likeness (QED) is 0.763. The van der Waals surface area contributed by atoms with Gasteiger partial charge in [-0.2, -0.15) is 0 Å². The zero-order valence-corrected chi connectivity index (χ0v) is 14.1. The molecule has 25 heavy (non-hydrogen) atoms. The molecule has 3 atom stereocenters. The molecule has 3 N–H and O–H groups in total. The predicted molar refractivity (Wildman–Crippen MR) is 89.2 cm³/mol. The van der Waals surface area contributed by atoms with E-state index >= 15 is 0 Å². The number of halogens is 1. The van der Waals surface area contributed by atoms with Crippen molar-refractivity contribution in [3.63, 3.8) is 0 Å². The Morgan fingerprint density at radius 1 is 1.28 bits per heavy atom. The lowest BCUT2D eigenvalue weighted by atomic mass is 9.98. The number of carbonyl (C=O) groups excluding carboxylic acids is 3. The van der Waals surface area contributed by atoms with E-state index in [2.05, 4.69) is 16.0 Å². The molecule has 1 aromatic carbocycles. The van der Waals surface area contributed by atoms with Crippen LogP contribution >= 0.6 is 0 Å². The molecule has 0 unspecified atom stereocenters. The SMILES string of the molecule is CC(C)[C@@H]1NC(=O)[C@@H]2C[C@H](NC(=O)Nc3ccc(F)cc3)CN2C1=O. The molecule has 3 rings (SSSR count). The van der Waals surface area contributed by atoms with Gasteiger partial charge in [-0.3, -0.25) is 9.59 Å². The molecule has 0 saturated carbocycles. The molecular weight excluding hydrogens is 327 g/mol. The highest BCUT2D eigenvalue weighted by Gasteiger charge is 2.47. The molecule has 2 aliphatic rings. The molecule has 0 aromatic heterocycles. The first-order valence-electron chi connectivity index (χ1n) is 8.29. The van der Waals surface area contributed by atoms with Gasteiger partial charge in [0.15, 0.2) is 0 Å². The molecule has 1 aromatic rings. The van der Waals surface area contributed by atoms with Crippen LogP contribution in [0.15, 0.2) is 24.3 Å². The van der Waals surface area contributed by atoms with Crippen molar-refractivity contribution in [1.29, 1.82) is 0 Å². The smallest absolute Gasteiger partial charge is 0.319 e. The third-order valence-electron chi connectivity index (χ3n) is 4.55. The second-order valence-corrected chi connectivity index (χ2v) is 6.77. The summed E-state index contributed by atoms with van der Waals surface area (Å²) < 4.78 is 12.9. The summed E-state index contributed by atoms with van der Waals surface area (Å²) in [5, 5.41) is 8.13. The largest absolute Gasteiger partial charge is 0.342 e. The van der Waals surface area contributed by atoms with Gasteiger partial charge in [0.1, 0.15) is 17.9 Å². The Morgan fingerprint density at radius 3 is 2.60 bits per heavy atom. The molecule has 134 valence electrons. The second kappa shape index (κ2) is 6.70. The van der Waals surface area contributed by atoms with Crippen LogP contribution in [-0.2, 0) is 9.59 Å². The number of fused-ring (bicyclic) bond motifs is 1. The predicted octanol–water partition coefficient (Wildman–Crippen LogP) is 1.07. The van der Waals surface area contributed by atoms with E-state index in [1.54, 1.807) is 4.90 Å². The summed E-state index contributed by atoms with van der Waals surface area (Å²) in [6.45, 7) is 4.06. The molecule has 7 nitrogen and oxygen atoms in total. The summed E-state index contributed by atoms with van der Waals surface area (Å²) >= 11 is 0. The lowest BCUT2D eigenvalue weighted by Gasteiger charge is -2.36. The number of nitrogens with one attached hydrogen (secondary N) is 3. The van der Waals surface area contributed by atoms with Gasteiger partial charge >= 0.3 is 6.03 Å². The van der Waals surface area contributed by atoms with Gasteiger partial charge in [0.25, 0.3) is 0 Å². The Balaban J connectivity index is 1.60. The van der Waals surface area contributed by atoms with Crippen molar-refractivity contribution >= 4 is 23.5 Å². The van der Waals surface area contributed by atoms with Crippen molar-refractivity contribution in [3.8, 4) is 0 Å². The number of anilines is 1. The summed E-state index contributed by atoms with van der Waals surface area (Å²) in [7, 11) is 0. The fourth-order valence-corrected chi connectivity index (χ4v) is 3.26. The normalized spacial score (nSPS) is 25.6. The van der Waals surface area contributed by atoms with Gasteiger partial charge in [-0.25, -0.2) is 9.18 Å². The fraction of sp³-hybridized carbons (Fsp3) is 0.471. The Hall–Kier alpha value is -2.64. The van der Waals surface area contributed by atoms with Crippen LogP contribution in [-0.4, -0.2) is 47.4 Å². The van der Waals surface area contributed by atoms with Crippen LogP contribution in [0, 0.1) is 11.7 Å². The molecule has 2 aliphatic heterocycles. The first-order chi connectivity index (χ1) is 11.8. The number of hydrogen-bond acceptors (Lipinski definition) is 3. The number of piperazine rings is 1. The van der Waals surface area contributed by atoms with Gasteiger partial charge in [-0.05, 0) is 36.6 Å². The summed E-state index contributed by atoms with van der Waals surface area (Å²) in [5.74, 6) is -0.668. The number of rotatable bonds is 3. The van der Waals surface area contributed by atoms with Crippen molar-refractivity contribution in [3.05, 3.63) is 30.1 Å². The zero-order valence-electron chi connectivity index (χ0n) is 14.1. The van der Waals surface area contributed by atoms with Crippen molar-refractivity contribution < 1.29 is 18.8 Å². The Labute approximate surface area is 144 Å². The standard InChI is InChI=1S/C17H21FN4O3/c1-9(2)14-16(24)22-8-12(7-13(22)15(23)21-14)20-17(25)19-11-5-3-10(18)4-6-11/h3-6,9,12-14H,7-8H2,1-2H3,(H,21,23)(H2,19,20,25)/t12-,13-,14-/m0/s1. The summed E-state index contributed by atoms with van der Waals surface area (Å²) in [6.07, 6.45) is 0.374. The number of nitrogens with zero attached hydrogens (tertiary/aromatic N) is 1. The maximum Gasteiger partial charge on any atom is 0.319 e. The molecule has 0 spiro atoms. The number of amides is 4. The maximum atomic E-state index is 12.9. The highest BCUT2D eigenvalue weighted by Crippen LogP contribution is 2.25. The summed E-state index contributed by atoms with van der Waals surface area (Å²) in [5.41, 5.74) is 0.461.